The fourth-order valence-corrected chi connectivity index (χ4v) is 10.1. The number of hydrogen-bond donors (Lipinski definition) is 11. The first-order valence-electron chi connectivity index (χ1n) is 27.8. The summed E-state index contributed by atoms with van der Waals surface area (Å²) < 4.78 is 0. The molecule has 12 heterocycles. The Labute approximate surface area is 491 Å². The first kappa shape index (κ1) is 56.7. The smallest absolute Gasteiger partial charge is 0.270 e. The second-order valence-electron chi connectivity index (χ2n) is 20.2. The van der Waals surface area contributed by atoms with E-state index in [1.165, 1.54) is 19.0 Å². The number of nitriles is 1. The molecule has 0 bridgehead atoms. The molecule has 11 N–H and O–H groups in total. The number of rotatable bonds is 16. The van der Waals surface area contributed by atoms with E-state index in [9.17, 15) is 19.5 Å². The maximum atomic E-state index is 13.0. The van der Waals surface area contributed by atoms with Crippen molar-refractivity contribution in [2.24, 2.45) is 5.92 Å². The average Bonchev–Trinajstić information content (AvgIpc) is 1.82. The number of aliphatic hydroxyl groups excluding tert-OH is 1. The van der Waals surface area contributed by atoms with Gasteiger partial charge in [-0.25, -0.2) is 39.9 Å². The van der Waals surface area contributed by atoms with Gasteiger partial charge in [0.2, 0.25) is 0 Å². The summed E-state index contributed by atoms with van der Waals surface area (Å²) in [5, 5.41) is 27.5. The number of aliphatic hydroxyl groups is 1. The first-order valence-corrected chi connectivity index (χ1v) is 27.8. The highest BCUT2D eigenvalue weighted by Gasteiger charge is 2.28. The fourth-order valence-electron chi connectivity index (χ4n) is 10.1. The number of carbonyl (C=O) groups excluding carboxylic acids is 3. The molecule has 12 aromatic rings. The highest BCUT2D eigenvalue weighted by atomic mass is 16.3. The van der Waals surface area contributed by atoms with Crippen LogP contribution in [-0.4, -0.2) is 139 Å². The van der Waals surface area contributed by atoms with E-state index in [4.69, 9.17) is 5.26 Å². The van der Waals surface area contributed by atoms with Gasteiger partial charge in [0.1, 0.15) is 65.0 Å². The van der Waals surface area contributed by atoms with E-state index in [1.54, 1.807) is 44.1 Å². The van der Waals surface area contributed by atoms with Crippen molar-refractivity contribution in [3.8, 4) is 51.1 Å². The Kier molecular flexibility index (Phi) is 18.1. The molecule has 1 aliphatic rings. The fraction of sp³-hybridized carbons (Fsp3) is 0.267. The predicted octanol–water partition coefficient (Wildman–Crippen LogP) is 11.1. The molecule has 84 heavy (non-hydrogen) atoms. The van der Waals surface area contributed by atoms with Crippen molar-refractivity contribution in [2.45, 2.75) is 77.9 Å². The van der Waals surface area contributed by atoms with Gasteiger partial charge < -0.3 is 60.5 Å². The molecule has 12 aromatic heterocycles. The molecule has 13 rings (SSSR count). The van der Waals surface area contributed by atoms with Crippen LogP contribution >= 0.6 is 0 Å². The number of carbonyl (C=O) groups is 3. The number of fused-ring (bicyclic) bond motifs is 4. The predicted molar refractivity (Wildman–Crippen MR) is 333 cm³/mol. The third kappa shape index (κ3) is 13.1. The third-order valence-electron chi connectivity index (χ3n) is 14.6. The molecule has 0 aromatic carbocycles. The molecule has 0 aliphatic heterocycles. The van der Waals surface area contributed by atoms with Crippen LogP contribution in [0.4, 0.5) is 0 Å². The maximum Gasteiger partial charge on any atom is 0.270 e. The van der Waals surface area contributed by atoms with Gasteiger partial charge in [-0.05, 0) is 74.2 Å². The van der Waals surface area contributed by atoms with E-state index in [0.717, 1.165) is 128 Å². The Morgan fingerprint density at radius 1 is 0.583 bits per heavy atom. The van der Waals surface area contributed by atoms with Gasteiger partial charge in [0.25, 0.3) is 17.7 Å². The van der Waals surface area contributed by atoms with Gasteiger partial charge in [-0.3, -0.25) is 14.4 Å². The van der Waals surface area contributed by atoms with Crippen LogP contribution in [0.15, 0.2) is 130 Å². The Morgan fingerprint density at radius 2 is 1.00 bits per heavy atom. The van der Waals surface area contributed by atoms with Gasteiger partial charge in [0.05, 0.1) is 41.4 Å². The van der Waals surface area contributed by atoms with Crippen LogP contribution in [0.5, 0.6) is 0 Å². The Balaban J connectivity index is 0.000000314. The minimum Gasteiger partial charge on any atom is -0.392 e. The number of aromatic nitrogens is 16. The Morgan fingerprint density at radius 3 is 1.40 bits per heavy atom. The largest absolute Gasteiger partial charge is 0.392 e. The zero-order valence-corrected chi connectivity index (χ0v) is 46.6. The number of nitrogens with one attached hydrogen (secondary N) is 10. The molecular formula is C60H78N20O4. The van der Waals surface area contributed by atoms with Gasteiger partial charge in [-0.2, -0.15) is 5.26 Å². The number of hydrogen-bond acceptors (Lipinski definition) is 13. The van der Waals surface area contributed by atoms with Gasteiger partial charge in [-0.15, -0.1) is 0 Å². The molecule has 0 unspecified atom stereocenters. The van der Waals surface area contributed by atoms with E-state index < -0.39 is 6.10 Å². The SMILES string of the molecule is CCC(CC)CNC(=O)c1cc(-c2ncnc3[nH]ccc23)c[nH]1.C[C@H](O)CNC(=O)c1cc(-c2ncnc3[nH]ccc23)c[nH]1.N#CCCN(C(=O)c1cc(-c2ncnc3[nH]ccc23)c[nH]1)C1CCCC1.[HH].[HH].[HH].[HH].[HH].[HH].[HH].c1nc(-c2cc[nH]c2)c2cc[nH]c2n1. The van der Waals surface area contributed by atoms with Crippen molar-refractivity contribution >= 4 is 61.9 Å². The molecule has 24 heteroatoms. The van der Waals surface area contributed by atoms with E-state index in [-0.39, 0.29) is 40.3 Å². The molecule has 1 saturated carbocycles. The van der Waals surface area contributed by atoms with Crippen LogP contribution in [-0.2, 0) is 0 Å². The third-order valence-corrected chi connectivity index (χ3v) is 14.6. The standard InChI is InChI=1S/C19H20N6O.C17H21N5O.C14H15N5O2.C10H8N4.7H2/c20-7-3-9-25(14-4-1-2-5-14)19(26)16-10-13(11-22-16)17-15-6-8-21-18(15)24-12-23-17;1-3-11(4-2)8-20-17(23)14-7-12(9-19-14)15-13-5-6-18-16(13)22-10-21-15;1-8(20)5-17-14(21)11-4-9(6-16-11)12-10-2-3-15-13(10)19-7-18-12;1-3-11-5-7(1)9-8-2-4-12-10(8)14-6-13-9;;;;;;;/h6,8,10-12,14,22H,1-5,9H2,(H,21,23,24);5-7,9-11,19H,3-4,8H2,1-2H3,(H,20,23)(H,18,21,22);2-4,6-8,16,20H,5H2,1H3,(H,17,21)(H,15,18,19);1-6,11H,(H,12,13,14);7*1H/t;;8-;;;;;;;;/m..0......../s1. The summed E-state index contributed by atoms with van der Waals surface area (Å²) in [6, 6.07) is 17.5. The summed E-state index contributed by atoms with van der Waals surface area (Å²) in [5.74, 6) is 0.136. The van der Waals surface area contributed by atoms with E-state index in [1.807, 2.05) is 78.3 Å². The second-order valence-corrected chi connectivity index (χ2v) is 20.2. The molecule has 24 nitrogen and oxygen atoms in total. The molecular weight excluding hydrogens is 1060 g/mol. The first-order chi connectivity index (χ1) is 41.1. The minimum absolute atomic E-state index is 0. The van der Waals surface area contributed by atoms with E-state index in [2.05, 4.69) is 110 Å². The van der Waals surface area contributed by atoms with Gasteiger partial charge in [0, 0.05) is 135 Å². The number of nitrogens with zero attached hydrogens (tertiary/aromatic N) is 10. The monoisotopic (exact) mass is 1140 g/mol. The molecule has 1 aliphatic carbocycles. The Hall–Kier alpha value is -10.5. The molecule has 442 valence electrons. The van der Waals surface area contributed by atoms with Gasteiger partial charge >= 0.3 is 0 Å². The summed E-state index contributed by atoms with van der Waals surface area (Å²) in [6.07, 6.45) is 28.8. The summed E-state index contributed by atoms with van der Waals surface area (Å²) in [6.45, 7) is 7.29. The van der Waals surface area contributed by atoms with Crippen LogP contribution in [0.25, 0.3) is 89.2 Å². The highest BCUT2D eigenvalue weighted by Crippen LogP contribution is 2.30. The zero-order valence-electron chi connectivity index (χ0n) is 46.6. The number of aromatic amines is 8. The number of H-pyrrole nitrogens is 8. The number of amides is 3. The molecule has 3 amide bonds. The van der Waals surface area contributed by atoms with Crippen molar-refractivity contribution in [2.75, 3.05) is 19.6 Å². The molecule has 0 radical (unpaired) electrons. The average molecular weight is 1140 g/mol. The van der Waals surface area contributed by atoms with Crippen LogP contribution in [0.2, 0.25) is 0 Å². The van der Waals surface area contributed by atoms with Crippen LogP contribution in [0.1, 0.15) is 107 Å². The van der Waals surface area contributed by atoms with Crippen LogP contribution in [0.3, 0.4) is 0 Å². The summed E-state index contributed by atoms with van der Waals surface area (Å²) in [5.41, 5.74) is 11.6. The van der Waals surface area contributed by atoms with E-state index in [0.29, 0.717) is 42.5 Å². The molecule has 1 atom stereocenters. The lowest BCUT2D eigenvalue weighted by Crippen LogP contribution is -2.39. The lowest BCUT2D eigenvalue weighted by molar-refractivity contribution is 0.0680. The highest BCUT2D eigenvalue weighted by molar-refractivity contribution is 5.99. The van der Waals surface area contributed by atoms with Gasteiger partial charge in [-0.1, -0.05) is 39.5 Å². The van der Waals surface area contributed by atoms with Crippen molar-refractivity contribution in [3.05, 3.63) is 147 Å². The van der Waals surface area contributed by atoms with E-state index >= 15 is 0 Å². The van der Waals surface area contributed by atoms with Crippen molar-refractivity contribution in [1.29, 1.82) is 5.26 Å². The normalized spacial score (nSPS) is 12.5. The molecule has 0 spiro atoms. The Bertz CT molecular complexity index is 4180. The van der Waals surface area contributed by atoms with Crippen LogP contribution < -0.4 is 10.6 Å². The lowest BCUT2D eigenvalue weighted by atomic mass is 10.0. The van der Waals surface area contributed by atoms with Crippen molar-refractivity contribution in [1.82, 2.24) is 95.3 Å². The topological polar surface area (TPSA) is 352 Å². The molecule has 0 saturated heterocycles. The van der Waals surface area contributed by atoms with Crippen LogP contribution in [0, 0.1) is 17.2 Å². The lowest BCUT2D eigenvalue weighted by Gasteiger charge is -2.27. The quantitative estimate of drug-likeness (QED) is 0.0429. The summed E-state index contributed by atoms with van der Waals surface area (Å²) >= 11 is 0. The van der Waals surface area contributed by atoms with Gasteiger partial charge in [0.15, 0.2) is 0 Å². The van der Waals surface area contributed by atoms with Crippen molar-refractivity contribution < 1.29 is 29.5 Å². The van der Waals surface area contributed by atoms with Crippen molar-refractivity contribution in [3.63, 3.8) is 0 Å². The maximum absolute atomic E-state index is 13.0. The summed E-state index contributed by atoms with van der Waals surface area (Å²) in [7, 11) is 0. The second kappa shape index (κ2) is 26.8. The summed E-state index contributed by atoms with van der Waals surface area (Å²) in [4.78, 5) is 97.3. The zero-order chi connectivity index (χ0) is 58.4. The molecule has 1 fully saturated rings. The minimum atomic E-state index is -0.579.